The van der Waals surface area contributed by atoms with E-state index in [-0.39, 0.29) is 18.1 Å². The monoisotopic (exact) mass is 496 g/mol. The number of thiocarbonyl (C=S) groups is 1. The number of methoxy groups -OCH3 is 1. The van der Waals surface area contributed by atoms with Crippen molar-refractivity contribution in [1.82, 2.24) is 19.8 Å². The number of hydrogen-bond donors (Lipinski definition) is 1. The summed E-state index contributed by atoms with van der Waals surface area (Å²) in [4.78, 5) is 18.5. The number of aromatic nitrogens is 2. The van der Waals surface area contributed by atoms with E-state index in [0.717, 1.165) is 33.9 Å². The first-order valence-electron chi connectivity index (χ1n) is 11.3. The molecule has 34 heavy (non-hydrogen) atoms. The number of nitrogens with one attached hydrogen (secondary N) is 1. The Morgan fingerprint density at radius 1 is 1.21 bits per heavy atom. The summed E-state index contributed by atoms with van der Waals surface area (Å²) in [7, 11) is 1.41. The molecule has 8 heteroatoms. The SMILES string of the molecule is COC(=O)CCCN1C(=S)N[C@H](c2ccccn2)[C@H]1c1cc(C)n(-c2cc(Cl)ccc2C)c1C. The van der Waals surface area contributed by atoms with Crippen LogP contribution in [0.15, 0.2) is 48.7 Å². The number of benzene rings is 1. The summed E-state index contributed by atoms with van der Waals surface area (Å²) in [5.41, 5.74) is 6.54. The van der Waals surface area contributed by atoms with Crippen molar-refractivity contribution < 1.29 is 9.53 Å². The van der Waals surface area contributed by atoms with Crippen LogP contribution in [-0.2, 0) is 9.53 Å². The second kappa shape index (κ2) is 10.2. The molecule has 0 saturated carbocycles. The number of carbonyl (C=O) groups is 1. The topological polar surface area (TPSA) is 59.4 Å². The van der Waals surface area contributed by atoms with Crippen LogP contribution in [0.3, 0.4) is 0 Å². The van der Waals surface area contributed by atoms with E-state index in [4.69, 9.17) is 28.6 Å². The average molecular weight is 497 g/mol. The second-order valence-corrected chi connectivity index (χ2v) is 9.42. The summed E-state index contributed by atoms with van der Waals surface area (Å²) < 4.78 is 7.07. The Balaban J connectivity index is 1.78. The van der Waals surface area contributed by atoms with Crippen LogP contribution >= 0.6 is 23.8 Å². The molecule has 2 aromatic heterocycles. The zero-order chi connectivity index (χ0) is 24.4. The Morgan fingerprint density at radius 3 is 2.71 bits per heavy atom. The first kappa shape index (κ1) is 24.2. The van der Waals surface area contributed by atoms with Crippen LogP contribution in [0.2, 0.25) is 5.02 Å². The van der Waals surface area contributed by atoms with E-state index in [0.29, 0.717) is 29.5 Å². The molecule has 178 valence electrons. The van der Waals surface area contributed by atoms with E-state index in [1.165, 1.54) is 7.11 Å². The van der Waals surface area contributed by atoms with Gasteiger partial charge in [-0.3, -0.25) is 9.78 Å². The highest BCUT2D eigenvalue weighted by molar-refractivity contribution is 7.80. The van der Waals surface area contributed by atoms with Gasteiger partial charge < -0.3 is 19.5 Å². The van der Waals surface area contributed by atoms with Crippen LogP contribution in [0.5, 0.6) is 0 Å². The summed E-state index contributed by atoms with van der Waals surface area (Å²) in [5, 5.41) is 4.85. The quantitative estimate of drug-likeness (QED) is 0.350. The number of ether oxygens (including phenoxy) is 1. The summed E-state index contributed by atoms with van der Waals surface area (Å²) in [6, 6.07) is 13.9. The number of carbonyl (C=O) groups excluding carboxylic acids is 1. The van der Waals surface area contributed by atoms with Crippen LogP contribution in [0.4, 0.5) is 0 Å². The molecule has 1 aromatic carbocycles. The summed E-state index contributed by atoms with van der Waals surface area (Å²) >= 11 is 12.1. The Hall–Kier alpha value is -2.90. The van der Waals surface area contributed by atoms with Gasteiger partial charge in [0.25, 0.3) is 0 Å². The molecule has 2 atom stereocenters. The highest BCUT2D eigenvalue weighted by Crippen LogP contribution is 2.41. The van der Waals surface area contributed by atoms with E-state index < -0.39 is 0 Å². The summed E-state index contributed by atoms with van der Waals surface area (Å²) in [6.45, 7) is 6.96. The Morgan fingerprint density at radius 2 is 2.00 bits per heavy atom. The zero-order valence-electron chi connectivity index (χ0n) is 19.8. The van der Waals surface area contributed by atoms with Crippen LogP contribution < -0.4 is 5.32 Å². The molecule has 1 N–H and O–H groups in total. The largest absolute Gasteiger partial charge is 0.469 e. The third-order valence-corrected chi connectivity index (χ3v) is 6.99. The summed E-state index contributed by atoms with van der Waals surface area (Å²) in [5.74, 6) is -0.217. The van der Waals surface area contributed by atoms with E-state index in [1.54, 1.807) is 6.20 Å². The van der Waals surface area contributed by atoms with E-state index in [9.17, 15) is 4.79 Å². The fourth-order valence-electron chi connectivity index (χ4n) is 4.76. The maximum atomic E-state index is 11.7. The van der Waals surface area contributed by atoms with Gasteiger partial charge in [-0.05, 0) is 80.9 Å². The van der Waals surface area contributed by atoms with Crippen molar-refractivity contribution in [2.24, 2.45) is 0 Å². The van der Waals surface area contributed by atoms with Gasteiger partial charge in [0.1, 0.15) is 0 Å². The maximum absolute atomic E-state index is 11.7. The van der Waals surface area contributed by atoms with Gasteiger partial charge in [-0.2, -0.15) is 0 Å². The van der Waals surface area contributed by atoms with Crippen molar-refractivity contribution in [1.29, 1.82) is 0 Å². The van der Waals surface area contributed by atoms with Crippen LogP contribution in [0.1, 0.15) is 53.1 Å². The van der Waals surface area contributed by atoms with Crippen LogP contribution in [0, 0.1) is 20.8 Å². The molecule has 6 nitrogen and oxygen atoms in total. The van der Waals surface area contributed by atoms with E-state index in [1.807, 2.05) is 36.4 Å². The molecule has 0 aliphatic carbocycles. The van der Waals surface area contributed by atoms with Crippen molar-refractivity contribution in [3.8, 4) is 5.69 Å². The lowest BCUT2D eigenvalue weighted by molar-refractivity contribution is -0.140. The third kappa shape index (κ3) is 4.68. The van der Waals surface area contributed by atoms with Crippen molar-refractivity contribution in [2.45, 2.75) is 45.7 Å². The molecule has 0 bridgehead atoms. The number of rotatable bonds is 7. The minimum atomic E-state index is -0.217. The molecular weight excluding hydrogens is 468 g/mol. The van der Waals surface area contributed by atoms with Crippen molar-refractivity contribution in [3.63, 3.8) is 0 Å². The molecule has 1 aliphatic heterocycles. The van der Waals surface area contributed by atoms with E-state index >= 15 is 0 Å². The van der Waals surface area contributed by atoms with Crippen molar-refractivity contribution in [2.75, 3.05) is 13.7 Å². The lowest BCUT2D eigenvalue weighted by atomic mass is 9.96. The highest BCUT2D eigenvalue weighted by atomic mass is 35.5. The zero-order valence-corrected chi connectivity index (χ0v) is 21.4. The molecule has 0 radical (unpaired) electrons. The lowest BCUT2D eigenvalue weighted by Gasteiger charge is -2.28. The third-order valence-electron chi connectivity index (χ3n) is 6.41. The van der Waals surface area contributed by atoms with Gasteiger partial charge in [-0.1, -0.05) is 23.7 Å². The first-order chi connectivity index (χ1) is 16.3. The average Bonchev–Trinajstić information content (AvgIpc) is 3.31. The van der Waals surface area contributed by atoms with Gasteiger partial charge in [-0.15, -0.1) is 0 Å². The van der Waals surface area contributed by atoms with Gasteiger partial charge in [0, 0.05) is 41.3 Å². The van der Waals surface area contributed by atoms with Gasteiger partial charge in [0.2, 0.25) is 0 Å². The minimum Gasteiger partial charge on any atom is -0.469 e. The maximum Gasteiger partial charge on any atom is 0.305 e. The Labute approximate surface area is 210 Å². The summed E-state index contributed by atoms with van der Waals surface area (Å²) in [6.07, 6.45) is 2.79. The van der Waals surface area contributed by atoms with Gasteiger partial charge in [0.05, 0.1) is 24.9 Å². The number of esters is 1. The Bertz CT molecular complexity index is 1210. The molecule has 1 fully saturated rings. The van der Waals surface area contributed by atoms with Crippen LogP contribution in [0.25, 0.3) is 5.69 Å². The predicted octanol–water partition coefficient (Wildman–Crippen LogP) is 5.38. The van der Waals surface area contributed by atoms with Gasteiger partial charge in [-0.25, -0.2) is 0 Å². The molecule has 3 heterocycles. The standard InChI is InChI=1S/C26H29ClN4O2S/c1-16-10-11-19(27)15-22(16)31-17(2)14-20(18(31)3)25-24(21-8-5-6-12-28-21)29-26(34)30(25)13-7-9-23(32)33-4/h5-6,8,10-12,14-15,24-25H,7,9,13H2,1-4H3,(H,29,34)/t24-,25-/m1/s1. The lowest BCUT2D eigenvalue weighted by Crippen LogP contribution is -2.31. The number of nitrogens with zero attached hydrogens (tertiary/aromatic N) is 3. The minimum absolute atomic E-state index is 0.0699. The van der Waals surface area contributed by atoms with Crippen LogP contribution in [-0.4, -0.2) is 39.2 Å². The highest BCUT2D eigenvalue weighted by Gasteiger charge is 2.41. The smallest absolute Gasteiger partial charge is 0.305 e. The number of halogens is 1. The molecule has 1 aliphatic rings. The molecule has 1 saturated heterocycles. The Kier molecular flexibility index (Phi) is 7.24. The number of pyridine rings is 1. The fourth-order valence-corrected chi connectivity index (χ4v) is 5.26. The normalized spacial score (nSPS) is 17.7. The first-order valence-corrected chi connectivity index (χ1v) is 12.1. The molecule has 3 aromatic rings. The van der Waals surface area contributed by atoms with E-state index in [2.05, 4.69) is 46.6 Å². The molecule has 0 spiro atoms. The molecule has 0 amide bonds. The molecule has 4 rings (SSSR count). The predicted molar refractivity (Wildman–Crippen MR) is 138 cm³/mol. The van der Waals surface area contributed by atoms with Crippen molar-refractivity contribution in [3.05, 3.63) is 81.9 Å². The molecule has 0 unspecified atom stereocenters. The molecular formula is C26H29ClN4O2S. The number of hydrogen-bond acceptors (Lipinski definition) is 4. The number of aryl methyl sites for hydroxylation is 2. The van der Waals surface area contributed by atoms with Gasteiger partial charge >= 0.3 is 5.97 Å². The fraction of sp³-hybridized carbons (Fsp3) is 0.346. The second-order valence-electron chi connectivity index (χ2n) is 8.59. The van der Waals surface area contributed by atoms with Gasteiger partial charge in [0.15, 0.2) is 5.11 Å². The van der Waals surface area contributed by atoms with Crippen molar-refractivity contribution >= 4 is 34.9 Å².